The van der Waals surface area contributed by atoms with Crippen LogP contribution in [-0.2, 0) is 16.4 Å². The van der Waals surface area contributed by atoms with E-state index in [4.69, 9.17) is 0 Å². The fourth-order valence-corrected chi connectivity index (χ4v) is 4.65. The van der Waals surface area contributed by atoms with Gasteiger partial charge in [-0.3, -0.25) is 4.79 Å². The van der Waals surface area contributed by atoms with Gasteiger partial charge in [-0.15, -0.1) is 0 Å². The molecule has 0 N–H and O–H groups in total. The second-order valence-corrected chi connectivity index (χ2v) is 8.07. The fraction of sp³-hybridized carbons (Fsp3) is 0.278. The van der Waals surface area contributed by atoms with E-state index in [1.165, 1.54) is 0 Å². The van der Waals surface area contributed by atoms with E-state index in [9.17, 15) is 13.2 Å². The first-order chi connectivity index (χ1) is 11.1. The molecule has 1 amide bonds. The molecule has 2 aromatic rings. The predicted molar refractivity (Wildman–Crippen MR) is 89.8 cm³/mol. The molecule has 5 heteroatoms. The summed E-state index contributed by atoms with van der Waals surface area (Å²) in [4.78, 5) is 14.6. The molecule has 1 fully saturated rings. The number of amides is 1. The van der Waals surface area contributed by atoms with Crippen LogP contribution in [0, 0.1) is 0 Å². The molecule has 2 aromatic carbocycles. The van der Waals surface area contributed by atoms with Gasteiger partial charge in [0.15, 0.2) is 9.84 Å². The van der Waals surface area contributed by atoms with Crippen LogP contribution in [0.15, 0.2) is 60.7 Å². The van der Waals surface area contributed by atoms with Gasteiger partial charge in [-0.1, -0.05) is 48.5 Å². The standard InChI is InChI=1S/C18H19NO3S/c20-18(16-9-5-2-6-10-16)19(13-15-7-3-1-4-8-15)17-11-12-23(21,22)14-17/h1-10,17H,11-14H2. The molecule has 0 radical (unpaired) electrons. The molecule has 23 heavy (non-hydrogen) atoms. The average molecular weight is 329 g/mol. The van der Waals surface area contributed by atoms with E-state index in [1.807, 2.05) is 48.5 Å². The lowest BCUT2D eigenvalue weighted by atomic mass is 10.1. The summed E-state index contributed by atoms with van der Waals surface area (Å²) in [7, 11) is -3.04. The highest BCUT2D eigenvalue weighted by Gasteiger charge is 2.34. The quantitative estimate of drug-likeness (QED) is 0.866. The van der Waals surface area contributed by atoms with Crippen molar-refractivity contribution in [2.75, 3.05) is 11.5 Å². The van der Waals surface area contributed by atoms with Gasteiger partial charge >= 0.3 is 0 Å². The summed E-state index contributed by atoms with van der Waals surface area (Å²) in [5, 5.41) is 0. The Morgan fingerprint density at radius 3 is 2.17 bits per heavy atom. The molecule has 1 atom stereocenters. The summed E-state index contributed by atoms with van der Waals surface area (Å²) in [6.07, 6.45) is 0.508. The predicted octanol–water partition coefficient (Wildman–Crippen LogP) is 2.52. The minimum Gasteiger partial charge on any atom is -0.330 e. The first-order valence-corrected chi connectivity index (χ1v) is 9.48. The van der Waals surface area contributed by atoms with Crippen LogP contribution in [0.5, 0.6) is 0 Å². The van der Waals surface area contributed by atoms with Crippen molar-refractivity contribution < 1.29 is 13.2 Å². The van der Waals surface area contributed by atoms with E-state index in [0.29, 0.717) is 18.5 Å². The Bertz CT molecular complexity index is 772. The Kier molecular flexibility index (Phi) is 4.48. The number of hydrogen-bond donors (Lipinski definition) is 0. The molecule has 1 aliphatic rings. The fourth-order valence-electron chi connectivity index (χ4n) is 2.91. The zero-order chi connectivity index (χ0) is 16.3. The number of carbonyl (C=O) groups is 1. The number of nitrogens with zero attached hydrogens (tertiary/aromatic N) is 1. The highest BCUT2D eigenvalue weighted by Crippen LogP contribution is 2.22. The molecule has 1 heterocycles. The van der Waals surface area contributed by atoms with Crippen molar-refractivity contribution in [2.24, 2.45) is 0 Å². The summed E-state index contributed by atoms with van der Waals surface area (Å²) in [6.45, 7) is 0.425. The molecule has 0 saturated carbocycles. The summed E-state index contributed by atoms with van der Waals surface area (Å²) in [5.74, 6) is 0.0974. The highest BCUT2D eigenvalue weighted by atomic mass is 32.2. The smallest absolute Gasteiger partial charge is 0.254 e. The molecule has 0 spiro atoms. The summed E-state index contributed by atoms with van der Waals surface area (Å²) in [5.41, 5.74) is 1.59. The van der Waals surface area contributed by atoms with E-state index in [0.717, 1.165) is 5.56 Å². The third-order valence-electron chi connectivity index (χ3n) is 4.13. The monoisotopic (exact) mass is 329 g/mol. The van der Waals surface area contributed by atoms with Gasteiger partial charge in [-0.25, -0.2) is 8.42 Å². The zero-order valence-electron chi connectivity index (χ0n) is 12.8. The molecule has 3 rings (SSSR count). The zero-order valence-corrected chi connectivity index (χ0v) is 13.6. The Labute approximate surface area is 136 Å². The van der Waals surface area contributed by atoms with Crippen LogP contribution in [0.25, 0.3) is 0 Å². The van der Waals surface area contributed by atoms with Crippen molar-refractivity contribution in [1.29, 1.82) is 0 Å². The topological polar surface area (TPSA) is 54.5 Å². The lowest BCUT2D eigenvalue weighted by Crippen LogP contribution is -2.40. The Balaban J connectivity index is 1.89. The lowest BCUT2D eigenvalue weighted by molar-refractivity contribution is 0.0681. The lowest BCUT2D eigenvalue weighted by Gasteiger charge is -2.28. The Hall–Kier alpha value is -2.14. The number of rotatable bonds is 4. The molecular weight excluding hydrogens is 310 g/mol. The molecule has 0 aliphatic carbocycles. The third kappa shape index (κ3) is 3.79. The third-order valence-corrected chi connectivity index (χ3v) is 5.88. The van der Waals surface area contributed by atoms with Crippen molar-refractivity contribution in [3.05, 3.63) is 71.8 Å². The number of carbonyl (C=O) groups excluding carboxylic acids is 1. The van der Waals surface area contributed by atoms with Gasteiger partial charge in [0.25, 0.3) is 5.91 Å². The molecular formula is C18H19NO3S. The van der Waals surface area contributed by atoms with Crippen LogP contribution in [0.2, 0.25) is 0 Å². The normalized spacial score (nSPS) is 19.4. The minimum atomic E-state index is -3.04. The average Bonchev–Trinajstić information content (AvgIpc) is 2.93. The van der Waals surface area contributed by atoms with Crippen molar-refractivity contribution in [1.82, 2.24) is 4.90 Å². The number of hydrogen-bond acceptors (Lipinski definition) is 3. The summed E-state index contributed by atoms with van der Waals surface area (Å²) < 4.78 is 23.6. The van der Waals surface area contributed by atoms with Gasteiger partial charge in [-0.05, 0) is 24.1 Å². The van der Waals surface area contributed by atoms with Gasteiger partial charge in [0.05, 0.1) is 11.5 Å². The van der Waals surface area contributed by atoms with Gasteiger partial charge in [0.2, 0.25) is 0 Å². The van der Waals surface area contributed by atoms with Crippen molar-refractivity contribution in [3.63, 3.8) is 0 Å². The highest BCUT2D eigenvalue weighted by molar-refractivity contribution is 7.91. The van der Waals surface area contributed by atoms with Crippen LogP contribution >= 0.6 is 0 Å². The van der Waals surface area contributed by atoms with E-state index < -0.39 is 9.84 Å². The maximum absolute atomic E-state index is 12.9. The Morgan fingerprint density at radius 2 is 1.61 bits per heavy atom. The van der Waals surface area contributed by atoms with Gasteiger partial charge in [-0.2, -0.15) is 0 Å². The van der Waals surface area contributed by atoms with E-state index in [2.05, 4.69) is 0 Å². The SMILES string of the molecule is O=C(c1ccccc1)N(Cc1ccccc1)C1CCS(=O)(=O)C1. The minimum absolute atomic E-state index is 0.0540. The van der Waals surface area contributed by atoms with Crippen molar-refractivity contribution in [2.45, 2.75) is 19.0 Å². The van der Waals surface area contributed by atoms with Crippen LogP contribution in [0.3, 0.4) is 0 Å². The van der Waals surface area contributed by atoms with Crippen molar-refractivity contribution in [3.8, 4) is 0 Å². The molecule has 0 aromatic heterocycles. The second-order valence-electron chi connectivity index (χ2n) is 5.84. The first kappa shape index (κ1) is 15.7. The van der Waals surface area contributed by atoms with Gasteiger partial charge in [0.1, 0.15) is 0 Å². The molecule has 1 unspecified atom stereocenters. The van der Waals surface area contributed by atoms with E-state index >= 15 is 0 Å². The number of sulfone groups is 1. The van der Waals surface area contributed by atoms with E-state index in [1.54, 1.807) is 17.0 Å². The molecule has 1 aliphatic heterocycles. The maximum Gasteiger partial charge on any atom is 0.254 e. The Morgan fingerprint density at radius 1 is 1.00 bits per heavy atom. The first-order valence-electron chi connectivity index (χ1n) is 7.65. The summed E-state index contributed by atoms with van der Waals surface area (Å²) >= 11 is 0. The molecule has 120 valence electrons. The van der Waals surface area contributed by atoms with Crippen LogP contribution in [0.4, 0.5) is 0 Å². The van der Waals surface area contributed by atoms with E-state index in [-0.39, 0.29) is 23.5 Å². The molecule has 1 saturated heterocycles. The van der Waals surface area contributed by atoms with Crippen LogP contribution in [0.1, 0.15) is 22.3 Å². The van der Waals surface area contributed by atoms with Crippen LogP contribution in [-0.4, -0.2) is 36.8 Å². The largest absolute Gasteiger partial charge is 0.330 e. The van der Waals surface area contributed by atoms with Crippen LogP contribution < -0.4 is 0 Å². The summed E-state index contributed by atoms with van der Waals surface area (Å²) in [6, 6.07) is 18.5. The second kappa shape index (κ2) is 6.54. The molecule has 0 bridgehead atoms. The van der Waals surface area contributed by atoms with Crippen molar-refractivity contribution >= 4 is 15.7 Å². The molecule has 4 nitrogen and oxygen atoms in total. The van der Waals surface area contributed by atoms with Gasteiger partial charge < -0.3 is 4.90 Å². The number of benzene rings is 2. The van der Waals surface area contributed by atoms with Gasteiger partial charge in [0, 0.05) is 18.2 Å². The maximum atomic E-state index is 12.9.